The van der Waals surface area contributed by atoms with Crippen molar-refractivity contribution in [2.75, 3.05) is 32.8 Å². The summed E-state index contributed by atoms with van der Waals surface area (Å²) in [6, 6.07) is 8.90. The average Bonchev–Trinajstić information content (AvgIpc) is 2.53. The minimum absolute atomic E-state index is 0. The standard InChI is InChI=1S/C19H31N3O.HI/c1-18(2,3)15-6-8-16(9-7-15)19(4,5)14-21-17(20)22-10-12-23-13-11-22;/h6-9H,10-14H2,1-5H3,(H2,20,21);1H. The first kappa shape index (κ1) is 21.2. The van der Waals surface area contributed by atoms with Crippen molar-refractivity contribution >= 4 is 29.9 Å². The van der Waals surface area contributed by atoms with E-state index in [-0.39, 0.29) is 34.8 Å². The van der Waals surface area contributed by atoms with Crippen molar-refractivity contribution in [2.45, 2.75) is 45.4 Å². The van der Waals surface area contributed by atoms with Crippen LogP contribution in [0.3, 0.4) is 0 Å². The number of nitrogens with two attached hydrogens (primary N) is 1. The van der Waals surface area contributed by atoms with Gasteiger partial charge in [-0.3, -0.25) is 4.99 Å². The number of aliphatic imine (C=N–C) groups is 1. The lowest BCUT2D eigenvalue weighted by Gasteiger charge is -2.29. The van der Waals surface area contributed by atoms with Crippen molar-refractivity contribution in [3.05, 3.63) is 35.4 Å². The number of halogens is 1. The van der Waals surface area contributed by atoms with E-state index in [1.54, 1.807) is 0 Å². The second-order valence-electron chi connectivity index (χ2n) is 7.99. The molecule has 1 aliphatic rings. The van der Waals surface area contributed by atoms with E-state index in [0.29, 0.717) is 12.5 Å². The van der Waals surface area contributed by atoms with Crippen molar-refractivity contribution < 1.29 is 4.74 Å². The Morgan fingerprint density at radius 2 is 1.54 bits per heavy atom. The summed E-state index contributed by atoms with van der Waals surface area (Å²) in [5.41, 5.74) is 8.93. The summed E-state index contributed by atoms with van der Waals surface area (Å²) in [5.74, 6) is 0.632. The Morgan fingerprint density at radius 3 is 2.04 bits per heavy atom. The maximum Gasteiger partial charge on any atom is 0.191 e. The van der Waals surface area contributed by atoms with E-state index in [0.717, 1.165) is 26.3 Å². The van der Waals surface area contributed by atoms with Gasteiger partial charge in [0.2, 0.25) is 0 Å². The Hall–Kier alpha value is -0.820. The molecule has 4 nitrogen and oxygen atoms in total. The maximum atomic E-state index is 6.14. The highest BCUT2D eigenvalue weighted by Gasteiger charge is 2.22. The predicted octanol–water partition coefficient (Wildman–Crippen LogP) is 3.53. The number of guanidine groups is 1. The van der Waals surface area contributed by atoms with Crippen LogP contribution >= 0.6 is 24.0 Å². The second-order valence-corrected chi connectivity index (χ2v) is 7.99. The first-order chi connectivity index (χ1) is 10.7. The Kier molecular flexibility index (Phi) is 7.53. The van der Waals surface area contributed by atoms with E-state index in [9.17, 15) is 0 Å². The molecule has 2 N–H and O–H groups in total. The van der Waals surface area contributed by atoms with Gasteiger partial charge < -0.3 is 15.4 Å². The number of ether oxygens (including phenoxy) is 1. The topological polar surface area (TPSA) is 50.8 Å². The highest BCUT2D eigenvalue weighted by Crippen LogP contribution is 2.28. The minimum Gasteiger partial charge on any atom is -0.378 e. The zero-order chi connectivity index (χ0) is 17.1. The molecule has 5 heteroatoms. The van der Waals surface area contributed by atoms with Gasteiger partial charge in [0.05, 0.1) is 19.8 Å². The fraction of sp³-hybridized carbons (Fsp3) is 0.632. The molecule has 1 aliphatic heterocycles. The van der Waals surface area contributed by atoms with Crippen molar-refractivity contribution in [2.24, 2.45) is 10.7 Å². The smallest absolute Gasteiger partial charge is 0.191 e. The zero-order valence-electron chi connectivity index (χ0n) is 15.6. The number of benzene rings is 1. The summed E-state index contributed by atoms with van der Waals surface area (Å²) >= 11 is 0. The SMILES string of the molecule is CC(C)(C)c1ccc(C(C)(C)CN=C(N)N2CCOCC2)cc1.I. The van der Waals surface area contributed by atoms with Crippen LogP contribution in [0.15, 0.2) is 29.3 Å². The van der Waals surface area contributed by atoms with Crippen molar-refractivity contribution in [3.8, 4) is 0 Å². The van der Waals surface area contributed by atoms with Crippen LogP contribution in [0.4, 0.5) is 0 Å². The number of morpholine rings is 1. The van der Waals surface area contributed by atoms with E-state index in [1.807, 2.05) is 0 Å². The van der Waals surface area contributed by atoms with E-state index in [1.165, 1.54) is 11.1 Å². The zero-order valence-corrected chi connectivity index (χ0v) is 18.0. The van der Waals surface area contributed by atoms with Crippen LogP contribution in [-0.4, -0.2) is 43.7 Å². The Bertz CT molecular complexity index is 541. The predicted molar refractivity (Wildman–Crippen MR) is 112 cm³/mol. The summed E-state index contributed by atoms with van der Waals surface area (Å²) in [4.78, 5) is 6.73. The van der Waals surface area contributed by atoms with Crippen LogP contribution in [0.1, 0.15) is 45.7 Å². The third-order valence-electron chi connectivity index (χ3n) is 4.50. The van der Waals surface area contributed by atoms with Crippen molar-refractivity contribution in [1.29, 1.82) is 0 Å². The van der Waals surface area contributed by atoms with E-state index in [4.69, 9.17) is 10.5 Å². The largest absolute Gasteiger partial charge is 0.378 e. The Balaban J connectivity index is 0.00000288. The minimum atomic E-state index is -0.0344. The van der Waals surface area contributed by atoms with Gasteiger partial charge in [0.15, 0.2) is 5.96 Å². The summed E-state index contributed by atoms with van der Waals surface area (Å²) < 4.78 is 5.35. The van der Waals surface area contributed by atoms with Crippen LogP contribution in [0.5, 0.6) is 0 Å². The molecule has 0 radical (unpaired) electrons. The van der Waals surface area contributed by atoms with Gasteiger partial charge in [0, 0.05) is 18.5 Å². The van der Waals surface area contributed by atoms with Crippen LogP contribution in [0.2, 0.25) is 0 Å². The van der Waals surface area contributed by atoms with Crippen LogP contribution in [0.25, 0.3) is 0 Å². The highest BCUT2D eigenvalue weighted by atomic mass is 127. The molecule has 0 spiro atoms. The first-order valence-electron chi connectivity index (χ1n) is 8.44. The van der Waals surface area contributed by atoms with E-state index >= 15 is 0 Å². The fourth-order valence-corrected chi connectivity index (χ4v) is 2.68. The lowest BCUT2D eigenvalue weighted by Crippen LogP contribution is -2.45. The lowest BCUT2D eigenvalue weighted by molar-refractivity contribution is 0.0674. The molecule has 0 saturated carbocycles. The van der Waals surface area contributed by atoms with E-state index in [2.05, 4.69) is 68.8 Å². The second kappa shape index (κ2) is 8.52. The molecule has 0 unspecified atom stereocenters. The van der Waals surface area contributed by atoms with Crippen molar-refractivity contribution in [1.82, 2.24) is 4.90 Å². The summed E-state index contributed by atoms with van der Waals surface area (Å²) in [5, 5.41) is 0. The number of rotatable bonds is 3. The number of nitrogens with zero attached hydrogens (tertiary/aromatic N) is 2. The molecule has 1 saturated heterocycles. The van der Waals surface area contributed by atoms with Gasteiger partial charge in [-0.05, 0) is 16.5 Å². The molecule has 0 amide bonds. The van der Waals surface area contributed by atoms with Gasteiger partial charge in [-0.2, -0.15) is 0 Å². The quantitative estimate of drug-likeness (QED) is 0.440. The fourth-order valence-electron chi connectivity index (χ4n) is 2.68. The third kappa shape index (κ3) is 5.62. The normalized spacial score (nSPS) is 16.7. The van der Waals surface area contributed by atoms with Gasteiger partial charge in [-0.25, -0.2) is 0 Å². The monoisotopic (exact) mass is 445 g/mol. The molecule has 1 fully saturated rings. The van der Waals surface area contributed by atoms with Crippen molar-refractivity contribution in [3.63, 3.8) is 0 Å². The molecule has 24 heavy (non-hydrogen) atoms. The Labute approximate surface area is 163 Å². The van der Waals surface area contributed by atoms with Gasteiger partial charge >= 0.3 is 0 Å². The molecule has 0 aliphatic carbocycles. The number of hydrogen-bond donors (Lipinski definition) is 1. The molecular formula is C19H32IN3O. The third-order valence-corrected chi connectivity index (χ3v) is 4.50. The molecular weight excluding hydrogens is 413 g/mol. The number of hydrogen-bond acceptors (Lipinski definition) is 2. The molecule has 0 bridgehead atoms. The first-order valence-corrected chi connectivity index (χ1v) is 8.44. The Morgan fingerprint density at radius 1 is 1.04 bits per heavy atom. The molecule has 1 aromatic carbocycles. The van der Waals surface area contributed by atoms with Crippen LogP contribution in [-0.2, 0) is 15.6 Å². The van der Waals surface area contributed by atoms with Gasteiger partial charge in [0.1, 0.15) is 0 Å². The molecule has 0 atom stereocenters. The molecule has 1 aromatic rings. The summed E-state index contributed by atoms with van der Waals surface area (Å²) in [6.07, 6.45) is 0. The summed E-state index contributed by atoms with van der Waals surface area (Å²) in [6.45, 7) is 14.9. The van der Waals surface area contributed by atoms with Crippen LogP contribution < -0.4 is 5.73 Å². The molecule has 136 valence electrons. The van der Waals surface area contributed by atoms with Crippen LogP contribution in [0, 0.1) is 0 Å². The van der Waals surface area contributed by atoms with Gasteiger partial charge in [0.25, 0.3) is 0 Å². The molecule has 0 aromatic heterocycles. The van der Waals surface area contributed by atoms with E-state index < -0.39 is 0 Å². The lowest BCUT2D eigenvalue weighted by atomic mass is 9.81. The molecule has 1 heterocycles. The maximum absolute atomic E-state index is 6.14. The van der Waals surface area contributed by atoms with Gasteiger partial charge in [-0.1, -0.05) is 58.9 Å². The highest BCUT2D eigenvalue weighted by molar-refractivity contribution is 14.0. The summed E-state index contributed by atoms with van der Waals surface area (Å²) in [7, 11) is 0. The molecule has 2 rings (SSSR count). The average molecular weight is 445 g/mol. The van der Waals surface area contributed by atoms with Gasteiger partial charge in [-0.15, -0.1) is 24.0 Å².